The summed E-state index contributed by atoms with van der Waals surface area (Å²) in [6, 6.07) is 12.1. The fourth-order valence-electron chi connectivity index (χ4n) is 3.71. The van der Waals surface area contributed by atoms with Gasteiger partial charge in [0.05, 0.1) is 22.6 Å². The number of nitro groups is 1. The van der Waals surface area contributed by atoms with E-state index in [-0.39, 0.29) is 26.2 Å². The minimum absolute atomic E-state index is 0. The molecule has 0 aliphatic heterocycles. The number of nitrogens with zero attached hydrogens (tertiary/aromatic N) is 8. The van der Waals surface area contributed by atoms with Crippen molar-refractivity contribution in [2.45, 2.75) is 41.5 Å². The van der Waals surface area contributed by atoms with Crippen LogP contribution >= 0.6 is 0 Å². The average Bonchev–Trinajstić information content (AvgIpc) is 3.02. The molecule has 272 valence electrons. The predicted molar refractivity (Wildman–Crippen MR) is 191 cm³/mol. The summed E-state index contributed by atoms with van der Waals surface area (Å²) in [6.45, 7) is 3.90. The van der Waals surface area contributed by atoms with Crippen molar-refractivity contribution in [3.05, 3.63) is 106 Å². The number of allylic oxidation sites excluding steroid dienone is 3. The maximum Gasteiger partial charge on any atom is 0.298 e. The Bertz CT molecular complexity index is 1930. The Labute approximate surface area is 292 Å². The van der Waals surface area contributed by atoms with Crippen LogP contribution < -0.4 is 25.9 Å². The zero-order chi connectivity index (χ0) is 36.0. The first-order valence-electron chi connectivity index (χ1n) is 14.2. The van der Waals surface area contributed by atoms with Gasteiger partial charge in [0, 0.05) is 38.1 Å². The van der Waals surface area contributed by atoms with Crippen LogP contribution in [0.1, 0.15) is 40.7 Å². The van der Waals surface area contributed by atoms with Crippen LogP contribution in [0.25, 0.3) is 0 Å². The number of aryl methyl sites for hydroxylation is 2. The van der Waals surface area contributed by atoms with E-state index < -0.39 is 15.0 Å². The van der Waals surface area contributed by atoms with Gasteiger partial charge >= 0.3 is 0 Å². The third kappa shape index (κ3) is 14.7. The summed E-state index contributed by atoms with van der Waals surface area (Å²) in [5.74, 6) is 0. The van der Waals surface area contributed by atoms with Gasteiger partial charge in [0.2, 0.25) is 0 Å². The molecule has 17 nitrogen and oxygen atoms in total. The van der Waals surface area contributed by atoms with Gasteiger partial charge in [-0.1, -0.05) is 28.2 Å². The Balaban J connectivity index is 0.000000799. The van der Waals surface area contributed by atoms with E-state index in [0.29, 0.717) is 34.6 Å². The van der Waals surface area contributed by atoms with E-state index in [4.69, 9.17) is 16.4 Å². The highest BCUT2D eigenvalue weighted by atomic mass is 32.2. The van der Waals surface area contributed by atoms with Crippen LogP contribution in [-0.4, -0.2) is 55.1 Å². The Morgan fingerprint density at radius 1 is 1.12 bits per heavy atom. The van der Waals surface area contributed by atoms with E-state index in [1.54, 1.807) is 53.7 Å². The minimum atomic E-state index is -3.72. The average molecular weight is 715 g/mol. The second-order valence-electron chi connectivity index (χ2n) is 10.4. The molecule has 1 aliphatic rings. The van der Waals surface area contributed by atoms with Crippen molar-refractivity contribution in [1.82, 2.24) is 4.73 Å². The van der Waals surface area contributed by atoms with Crippen LogP contribution in [0.3, 0.4) is 0 Å². The molecule has 0 unspecified atom stereocenters. The Hall–Kier alpha value is -5.59. The molecule has 2 aromatic heterocycles. The molecule has 1 aromatic carbocycles. The van der Waals surface area contributed by atoms with Crippen LogP contribution in [0.4, 0.5) is 22.7 Å². The molecule has 50 heavy (non-hydrogen) atoms. The van der Waals surface area contributed by atoms with E-state index in [1.807, 2.05) is 51.0 Å². The van der Waals surface area contributed by atoms with Gasteiger partial charge in [0.25, 0.3) is 15.8 Å². The lowest BCUT2D eigenvalue weighted by Gasteiger charge is -2.11. The first-order chi connectivity index (χ1) is 22.5. The van der Waals surface area contributed by atoms with Crippen molar-refractivity contribution in [2.24, 2.45) is 33.2 Å². The number of rotatable bonds is 8. The highest BCUT2D eigenvalue weighted by Gasteiger charge is 2.15. The van der Waals surface area contributed by atoms with Crippen molar-refractivity contribution in [3.63, 3.8) is 0 Å². The molecule has 4 rings (SSSR count). The van der Waals surface area contributed by atoms with Gasteiger partial charge in [-0.15, -0.1) is 20.4 Å². The number of aromatic nitrogens is 2. The maximum absolute atomic E-state index is 11.1. The van der Waals surface area contributed by atoms with Gasteiger partial charge in [0.15, 0.2) is 23.6 Å². The molecule has 0 fully saturated rings. The van der Waals surface area contributed by atoms with Crippen molar-refractivity contribution >= 4 is 44.3 Å². The molecule has 0 amide bonds. The third-order valence-electron chi connectivity index (χ3n) is 6.14. The summed E-state index contributed by atoms with van der Waals surface area (Å²) in [6.07, 6.45) is 11.1. The number of benzene rings is 1. The van der Waals surface area contributed by atoms with Crippen molar-refractivity contribution in [3.8, 4) is 0 Å². The van der Waals surface area contributed by atoms with Gasteiger partial charge in [-0.25, -0.2) is 13.0 Å². The zero-order valence-electron chi connectivity index (χ0n) is 27.3. The van der Waals surface area contributed by atoms with Crippen LogP contribution in [0.2, 0.25) is 0 Å². The van der Waals surface area contributed by atoms with Crippen LogP contribution in [0.15, 0.2) is 105 Å². The number of pyridine rings is 2. The van der Waals surface area contributed by atoms with E-state index in [1.165, 1.54) is 6.07 Å². The Morgan fingerprint density at radius 2 is 1.78 bits per heavy atom. The van der Waals surface area contributed by atoms with E-state index >= 15 is 0 Å². The second kappa shape index (κ2) is 20.7. The summed E-state index contributed by atoms with van der Waals surface area (Å²) in [7, 11) is 1.80. The predicted octanol–water partition coefficient (Wildman–Crippen LogP) is 4.17. The molecule has 3 aromatic rings. The van der Waals surface area contributed by atoms with Crippen LogP contribution in [0.5, 0.6) is 0 Å². The highest BCUT2D eigenvalue weighted by molar-refractivity contribution is 7.85. The first-order valence-corrected chi connectivity index (χ1v) is 16.0. The molecule has 0 spiro atoms. The lowest BCUT2D eigenvalue weighted by Crippen LogP contribution is -2.25. The molecular weight excluding hydrogens is 668 g/mol. The van der Waals surface area contributed by atoms with Gasteiger partial charge in [-0.05, 0) is 67.0 Å². The summed E-state index contributed by atoms with van der Waals surface area (Å²) < 4.78 is 24.3. The van der Waals surface area contributed by atoms with Gasteiger partial charge in [-0.2, -0.15) is 4.73 Å². The third-order valence-corrected chi connectivity index (χ3v) is 6.39. The van der Waals surface area contributed by atoms with Crippen molar-refractivity contribution in [2.75, 3.05) is 25.3 Å². The topological polar surface area (TPSA) is 241 Å². The van der Waals surface area contributed by atoms with E-state index in [2.05, 4.69) is 31.7 Å². The summed E-state index contributed by atoms with van der Waals surface area (Å²) >= 11 is 0. The van der Waals surface area contributed by atoms with Gasteiger partial charge in [-0.3, -0.25) is 10.1 Å². The Kier molecular flexibility index (Phi) is 18.4. The standard InChI is InChI=1S/C15H19N5O.C14H16N5O2.CH4O4S.2CH4/c1-3-4-11-5-6-20(21)15(8-11)19-18-14-7-10(2)12(16)9-13(14)17;1-17(2)12-6-7-13(14(9-12)19(20)21)16-15-11-5-4-8-18(3)10-11;1-6(3,4)5-2;;/h5-9,16,21H,3-4,17H2,1-2H3;4-10H,1-3H3;2H,1H3;2*1H4/q;+1;;;/p-1. The molecule has 2 heterocycles. The highest BCUT2D eigenvalue weighted by Crippen LogP contribution is 2.32. The number of nitrogens with one attached hydrogen (secondary N) is 1. The lowest BCUT2D eigenvalue weighted by molar-refractivity contribution is -0.670. The SMILES string of the molecule is C.C.CCCc1ccn(O)c(=NN=C2C=C(C)C(=N)C=C2N)c1.CN(C)c1ccc(N=Nc2ccc[n+](C)c2)c([N+](=O)[O-])c1.CS(=O)(=O)O[O-]. The van der Waals surface area contributed by atoms with Gasteiger partial charge < -0.3 is 30.8 Å². The molecular formula is C32H46N10O7S. The second-order valence-corrected chi connectivity index (χ2v) is 12.0. The number of hydrogen-bond acceptors (Lipinski definition) is 14. The molecule has 1 aliphatic carbocycles. The Morgan fingerprint density at radius 3 is 2.34 bits per heavy atom. The van der Waals surface area contributed by atoms with Crippen LogP contribution in [0, 0.1) is 15.5 Å². The fourth-order valence-corrected chi connectivity index (χ4v) is 3.71. The monoisotopic (exact) mass is 714 g/mol. The smallest absolute Gasteiger partial charge is 0.298 e. The fraction of sp³-hybridized carbons (Fsp3) is 0.312. The van der Waals surface area contributed by atoms with Gasteiger partial charge in [0.1, 0.15) is 18.4 Å². The molecule has 4 N–H and O–H groups in total. The van der Waals surface area contributed by atoms with Crippen molar-refractivity contribution in [1.29, 1.82) is 5.41 Å². The molecule has 18 heteroatoms. The van der Waals surface area contributed by atoms with E-state index in [9.17, 15) is 23.7 Å². The largest absolute Gasteiger partial charge is 0.707 e. The molecule has 0 saturated heterocycles. The molecule has 0 saturated carbocycles. The summed E-state index contributed by atoms with van der Waals surface area (Å²) in [5, 5.41) is 53.6. The van der Waals surface area contributed by atoms with Crippen LogP contribution in [-0.2, 0) is 27.9 Å². The first kappa shape index (κ1) is 44.4. The number of azo groups is 1. The maximum atomic E-state index is 11.1. The lowest BCUT2D eigenvalue weighted by atomic mass is 10.0. The molecule has 0 radical (unpaired) electrons. The number of nitrogens with two attached hydrogens (primary N) is 1. The van der Waals surface area contributed by atoms with Crippen molar-refractivity contribution < 1.29 is 32.7 Å². The summed E-state index contributed by atoms with van der Waals surface area (Å²) in [5.41, 5.74) is 10.8. The number of anilines is 1. The quantitative estimate of drug-likeness (QED) is 0.0576. The number of nitro benzene ring substituents is 1. The minimum Gasteiger partial charge on any atom is -0.707 e. The normalized spacial score (nSPS) is 13.5. The zero-order valence-corrected chi connectivity index (χ0v) is 28.1. The number of hydrogen-bond donors (Lipinski definition) is 3. The van der Waals surface area contributed by atoms with E-state index in [0.717, 1.165) is 34.4 Å². The molecule has 0 atom stereocenters. The summed E-state index contributed by atoms with van der Waals surface area (Å²) in [4.78, 5) is 12.5. The molecule has 0 bridgehead atoms.